The van der Waals surface area contributed by atoms with Crippen molar-refractivity contribution in [2.24, 2.45) is 5.92 Å². The molecule has 1 aromatic carbocycles. The molecule has 1 aromatic rings. The molecule has 2 rings (SSSR count). The lowest BCUT2D eigenvalue weighted by Crippen LogP contribution is -2.21. The van der Waals surface area contributed by atoms with Gasteiger partial charge in [-0.1, -0.05) is 31.0 Å². The Morgan fingerprint density at radius 2 is 2.06 bits per heavy atom. The molecule has 1 saturated carbocycles. The molecule has 0 aliphatic heterocycles. The number of hydrogen-bond acceptors (Lipinski definition) is 2. The van der Waals surface area contributed by atoms with Crippen LogP contribution in [0.15, 0.2) is 24.3 Å². The van der Waals surface area contributed by atoms with Crippen LogP contribution in [0.5, 0.6) is 5.75 Å². The molecule has 18 heavy (non-hydrogen) atoms. The average Bonchev–Trinajstić information content (AvgIpc) is 2.39. The van der Waals surface area contributed by atoms with E-state index in [1.165, 1.54) is 12.0 Å². The Balaban J connectivity index is 2.24. The van der Waals surface area contributed by atoms with Gasteiger partial charge in [0.25, 0.3) is 0 Å². The van der Waals surface area contributed by atoms with Gasteiger partial charge in [0.15, 0.2) is 0 Å². The molecule has 0 amide bonds. The zero-order chi connectivity index (χ0) is 13.0. The summed E-state index contributed by atoms with van der Waals surface area (Å²) in [5.41, 5.74) is 1.17. The van der Waals surface area contributed by atoms with Gasteiger partial charge in [-0.2, -0.15) is 0 Å². The predicted molar refractivity (Wildman–Crippen MR) is 69.9 cm³/mol. The molecule has 1 fully saturated rings. The molecule has 2 atom stereocenters. The van der Waals surface area contributed by atoms with E-state index in [0.717, 1.165) is 25.0 Å². The molecule has 0 heterocycles. The van der Waals surface area contributed by atoms with E-state index in [-0.39, 0.29) is 12.3 Å². The quantitative estimate of drug-likeness (QED) is 0.887. The van der Waals surface area contributed by atoms with E-state index in [0.29, 0.717) is 5.92 Å². The molecule has 1 aliphatic rings. The van der Waals surface area contributed by atoms with E-state index in [2.05, 4.69) is 6.07 Å². The van der Waals surface area contributed by atoms with Crippen LogP contribution in [0.1, 0.15) is 43.6 Å². The SMILES string of the molecule is COc1ccccc1C1CCCCC1CC(=O)O. The summed E-state index contributed by atoms with van der Waals surface area (Å²) in [7, 11) is 1.67. The summed E-state index contributed by atoms with van der Waals surface area (Å²) in [6.45, 7) is 0. The highest BCUT2D eigenvalue weighted by atomic mass is 16.5. The monoisotopic (exact) mass is 248 g/mol. The van der Waals surface area contributed by atoms with E-state index in [9.17, 15) is 4.79 Å². The maximum absolute atomic E-state index is 11.0. The van der Waals surface area contributed by atoms with Gasteiger partial charge < -0.3 is 9.84 Å². The third-order valence-electron chi connectivity index (χ3n) is 3.88. The fraction of sp³-hybridized carbons (Fsp3) is 0.533. The summed E-state index contributed by atoms with van der Waals surface area (Å²) in [6, 6.07) is 7.99. The van der Waals surface area contributed by atoms with Crippen molar-refractivity contribution >= 4 is 5.97 Å². The molecular weight excluding hydrogens is 228 g/mol. The molecule has 0 spiro atoms. The summed E-state index contributed by atoms with van der Waals surface area (Å²) in [5, 5.41) is 9.03. The number of carboxylic acids is 1. The first-order chi connectivity index (χ1) is 8.72. The number of ether oxygens (including phenoxy) is 1. The van der Waals surface area contributed by atoms with Crippen LogP contribution in [0, 0.1) is 5.92 Å². The lowest BCUT2D eigenvalue weighted by atomic mass is 9.74. The van der Waals surface area contributed by atoms with Crippen LogP contribution in [-0.4, -0.2) is 18.2 Å². The molecular formula is C15H20O3. The van der Waals surface area contributed by atoms with Gasteiger partial charge in [-0.3, -0.25) is 4.79 Å². The number of carbonyl (C=O) groups is 1. The lowest BCUT2D eigenvalue weighted by molar-refractivity contribution is -0.138. The third kappa shape index (κ3) is 2.84. The molecule has 3 nitrogen and oxygen atoms in total. The second-order valence-corrected chi connectivity index (χ2v) is 4.99. The molecule has 1 N–H and O–H groups in total. The second kappa shape index (κ2) is 5.89. The normalized spacial score (nSPS) is 23.6. The van der Waals surface area contributed by atoms with E-state index in [1.807, 2.05) is 18.2 Å². The number of aliphatic carboxylic acids is 1. The first-order valence-corrected chi connectivity index (χ1v) is 6.57. The van der Waals surface area contributed by atoms with Crippen LogP contribution >= 0.6 is 0 Å². The van der Waals surface area contributed by atoms with Crippen molar-refractivity contribution in [2.45, 2.75) is 38.0 Å². The molecule has 98 valence electrons. The number of hydrogen-bond donors (Lipinski definition) is 1. The maximum atomic E-state index is 11.0. The second-order valence-electron chi connectivity index (χ2n) is 4.99. The Kier molecular flexibility index (Phi) is 4.24. The first kappa shape index (κ1) is 12.9. The molecule has 0 radical (unpaired) electrons. The summed E-state index contributed by atoms with van der Waals surface area (Å²) in [6.07, 6.45) is 4.67. The smallest absolute Gasteiger partial charge is 0.303 e. The first-order valence-electron chi connectivity index (χ1n) is 6.57. The van der Waals surface area contributed by atoms with Gasteiger partial charge in [0.05, 0.1) is 7.11 Å². The van der Waals surface area contributed by atoms with E-state index in [1.54, 1.807) is 7.11 Å². The average molecular weight is 248 g/mol. The Morgan fingerprint density at radius 1 is 1.33 bits per heavy atom. The van der Waals surface area contributed by atoms with Crippen LogP contribution in [0.2, 0.25) is 0 Å². The Morgan fingerprint density at radius 3 is 2.78 bits per heavy atom. The summed E-state index contributed by atoms with van der Waals surface area (Å²) in [4.78, 5) is 11.0. The van der Waals surface area contributed by atoms with Crippen molar-refractivity contribution in [1.29, 1.82) is 0 Å². The van der Waals surface area contributed by atoms with E-state index in [4.69, 9.17) is 9.84 Å². The Bertz CT molecular complexity index is 414. The van der Waals surface area contributed by atoms with Crippen molar-refractivity contribution in [2.75, 3.05) is 7.11 Å². The minimum absolute atomic E-state index is 0.243. The maximum Gasteiger partial charge on any atom is 0.303 e. The summed E-state index contributed by atoms with van der Waals surface area (Å²) in [5.74, 6) is 0.764. The number of carboxylic acid groups (broad SMARTS) is 1. The molecule has 2 unspecified atom stereocenters. The Labute approximate surface area is 108 Å². The van der Waals surface area contributed by atoms with Crippen LogP contribution in [-0.2, 0) is 4.79 Å². The lowest BCUT2D eigenvalue weighted by Gasteiger charge is -2.31. The largest absolute Gasteiger partial charge is 0.496 e. The van der Waals surface area contributed by atoms with Crippen molar-refractivity contribution in [3.05, 3.63) is 29.8 Å². The van der Waals surface area contributed by atoms with Crippen LogP contribution < -0.4 is 4.74 Å². The standard InChI is InChI=1S/C15H20O3/c1-18-14-9-5-4-8-13(14)12-7-3-2-6-11(12)10-15(16)17/h4-5,8-9,11-12H,2-3,6-7,10H2,1H3,(H,16,17). The highest BCUT2D eigenvalue weighted by Crippen LogP contribution is 2.42. The topological polar surface area (TPSA) is 46.5 Å². The van der Waals surface area contributed by atoms with E-state index >= 15 is 0 Å². The highest BCUT2D eigenvalue weighted by Gasteiger charge is 2.29. The van der Waals surface area contributed by atoms with Gasteiger partial charge in [-0.15, -0.1) is 0 Å². The van der Waals surface area contributed by atoms with E-state index < -0.39 is 5.97 Å². The van der Waals surface area contributed by atoms with Crippen molar-refractivity contribution in [3.8, 4) is 5.75 Å². The fourth-order valence-corrected chi connectivity index (χ4v) is 3.06. The molecule has 3 heteroatoms. The minimum atomic E-state index is -0.693. The Hall–Kier alpha value is -1.51. The summed E-state index contributed by atoms with van der Waals surface area (Å²) < 4.78 is 5.40. The molecule has 0 aromatic heterocycles. The third-order valence-corrected chi connectivity index (χ3v) is 3.88. The minimum Gasteiger partial charge on any atom is -0.496 e. The van der Waals surface area contributed by atoms with Gasteiger partial charge in [0, 0.05) is 6.42 Å². The summed E-state index contributed by atoms with van der Waals surface area (Å²) >= 11 is 0. The number of benzene rings is 1. The number of rotatable bonds is 4. The molecule has 1 aliphatic carbocycles. The van der Waals surface area contributed by atoms with Gasteiger partial charge in [-0.25, -0.2) is 0 Å². The van der Waals surface area contributed by atoms with Crippen molar-refractivity contribution < 1.29 is 14.6 Å². The van der Waals surface area contributed by atoms with Gasteiger partial charge in [0.2, 0.25) is 0 Å². The number of methoxy groups -OCH3 is 1. The molecule has 0 bridgehead atoms. The predicted octanol–water partition coefficient (Wildman–Crippen LogP) is 3.44. The molecule has 0 saturated heterocycles. The zero-order valence-electron chi connectivity index (χ0n) is 10.8. The zero-order valence-corrected chi connectivity index (χ0v) is 10.8. The highest BCUT2D eigenvalue weighted by molar-refractivity contribution is 5.67. The van der Waals surface area contributed by atoms with Crippen LogP contribution in [0.3, 0.4) is 0 Å². The van der Waals surface area contributed by atoms with Gasteiger partial charge in [-0.05, 0) is 36.3 Å². The van der Waals surface area contributed by atoms with Crippen molar-refractivity contribution in [3.63, 3.8) is 0 Å². The van der Waals surface area contributed by atoms with Crippen molar-refractivity contribution in [1.82, 2.24) is 0 Å². The van der Waals surface area contributed by atoms with Gasteiger partial charge >= 0.3 is 5.97 Å². The fourth-order valence-electron chi connectivity index (χ4n) is 3.06. The van der Waals surface area contributed by atoms with Crippen LogP contribution in [0.4, 0.5) is 0 Å². The van der Waals surface area contributed by atoms with Gasteiger partial charge in [0.1, 0.15) is 5.75 Å². The van der Waals surface area contributed by atoms with Crippen LogP contribution in [0.25, 0.3) is 0 Å². The number of para-hydroxylation sites is 1.